The molecule has 1 unspecified atom stereocenters. The second kappa shape index (κ2) is 5.74. The standard InChI is InChI=1S/C14H21N3S/c1-4-11-7-6-8-15-12(11)9-16-13-17-14(3,5-2)10-18-13/h6-8H,4-5,9-10H2,1-3H3,(H,16,17). The predicted octanol–water partition coefficient (Wildman–Crippen LogP) is 3.01. The molecule has 0 spiro atoms. The highest BCUT2D eigenvalue weighted by molar-refractivity contribution is 8.14. The second-order valence-electron chi connectivity index (χ2n) is 4.91. The van der Waals surface area contributed by atoms with Crippen molar-refractivity contribution in [3.63, 3.8) is 0 Å². The molecule has 0 radical (unpaired) electrons. The van der Waals surface area contributed by atoms with Gasteiger partial charge in [-0.3, -0.25) is 9.98 Å². The molecule has 1 aliphatic rings. The van der Waals surface area contributed by atoms with E-state index in [2.05, 4.69) is 42.1 Å². The van der Waals surface area contributed by atoms with Crippen molar-refractivity contribution in [2.24, 2.45) is 4.99 Å². The highest BCUT2D eigenvalue weighted by atomic mass is 32.2. The highest BCUT2D eigenvalue weighted by Gasteiger charge is 2.30. The van der Waals surface area contributed by atoms with Gasteiger partial charge in [0.15, 0.2) is 5.17 Å². The largest absolute Gasteiger partial charge is 0.359 e. The molecule has 1 saturated heterocycles. The van der Waals surface area contributed by atoms with Crippen LogP contribution in [0.1, 0.15) is 38.4 Å². The van der Waals surface area contributed by atoms with Crippen LogP contribution in [0.3, 0.4) is 0 Å². The fraction of sp³-hybridized carbons (Fsp3) is 0.571. The summed E-state index contributed by atoms with van der Waals surface area (Å²) in [5.74, 6) is 1.10. The number of amidine groups is 1. The van der Waals surface area contributed by atoms with Gasteiger partial charge in [0.05, 0.1) is 12.2 Å². The lowest BCUT2D eigenvalue weighted by molar-refractivity contribution is 0.466. The van der Waals surface area contributed by atoms with Crippen molar-refractivity contribution in [3.8, 4) is 0 Å². The summed E-state index contributed by atoms with van der Waals surface area (Å²) in [4.78, 5) is 9.07. The molecule has 4 heteroatoms. The average Bonchev–Trinajstić information content (AvgIpc) is 2.79. The number of thioether (sulfide) groups is 1. The van der Waals surface area contributed by atoms with Crippen molar-refractivity contribution in [1.82, 2.24) is 10.3 Å². The van der Waals surface area contributed by atoms with E-state index in [1.165, 1.54) is 5.56 Å². The lowest BCUT2D eigenvalue weighted by atomic mass is 10.0. The maximum absolute atomic E-state index is 4.65. The smallest absolute Gasteiger partial charge is 0.157 e. The first kappa shape index (κ1) is 13.4. The highest BCUT2D eigenvalue weighted by Crippen LogP contribution is 2.25. The van der Waals surface area contributed by atoms with Gasteiger partial charge in [0.1, 0.15) is 0 Å². The maximum atomic E-state index is 4.65. The number of rotatable bonds is 4. The third kappa shape index (κ3) is 3.05. The first-order valence-electron chi connectivity index (χ1n) is 6.55. The van der Waals surface area contributed by atoms with Gasteiger partial charge in [-0.15, -0.1) is 0 Å². The Labute approximate surface area is 113 Å². The molecule has 1 aliphatic heterocycles. The zero-order chi connectivity index (χ0) is 13.0. The van der Waals surface area contributed by atoms with Gasteiger partial charge in [-0.25, -0.2) is 0 Å². The van der Waals surface area contributed by atoms with E-state index in [-0.39, 0.29) is 5.54 Å². The number of hydrogen-bond acceptors (Lipinski definition) is 3. The first-order valence-corrected chi connectivity index (χ1v) is 7.53. The van der Waals surface area contributed by atoms with E-state index in [0.29, 0.717) is 6.54 Å². The summed E-state index contributed by atoms with van der Waals surface area (Å²) < 4.78 is 0. The quantitative estimate of drug-likeness (QED) is 0.907. The monoisotopic (exact) mass is 263 g/mol. The summed E-state index contributed by atoms with van der Waals surface area (Å²) in [7, 11) is 0. The van der Waals surface area contributed by atoms with E-state index < -0.39 is 0 Å². The van der Waals surface area contributed by atoms with Gasteiger partial charge in [0, 0.05) is 17.5 Å². The zero-order valence-electron chi connectivity index (χ0n) is 11.4. The molecule has 2 heterocycles. The molecule has 0 aliphatic carbocycles. The Balaban J connectivity index is 2.03. The Kier molecular flexibility index (Phi) is 4.27. The molecule has 18 heavy (non-hydrogen) atoms. The van der Waals surface area contributed by atoms with Crippen molar-refractivity contribution < 1.29 is 0 Å². The number of hydrogen-bond donors (Lipinski definition) is 1. The molecule has 2 rings (SSSR count). The number of pyridine rings is 1. The minimum atomic E-state index is 0.210. The normalized spacial score (nSPS) is 25.4. The van der Waals surface area contributed by atoms with Crippen LogP contribution in [0.2, 0.25) is 0 Å². The molecular formula is C14H21N3S. The zero-order valence-corrected chi connectivity index (χ0v) is 12.2. The Morgan fingerprint density at radius 3 is 3.00 bits per heavy atom. The molecule has 1 N–H and O–H groups in total. The van der Waals surface area contributed by atoms with Crippen LogP contribution in [-0.2, 0) is 13.0 Å². The van der Waals surface area contributed by atoms with E-state index in [1.54, 1.807) is 0 Å². The number of nitrogens with zero attached hydrogens (tertiary/aromatic N) is 2. The Bertz CT molecular complexity index is 444. The van der Waals surface area contributed by atoms with E-state index >= 15 is 0 Å². The van der Waals surface area contributed by atoms with Crippen LogP contribution in [0.5, 0.6) is 0 Å². The van der Waals surface area contributed by atoms with Gasteiger partial charge in [0.2, 0.25) is 0 Å². The minimum absolute atomic E-state index is 0.210. The summed E-state index contributed by atoms with van der Waals surface area (Å²) in [5.41, 5.74) is 2.60. The van der Waals surface area contributed by atoms with E-state index in [0.717, 1.165) is 29.5 Å². The van der Waals surface area contributed by atoms with Gasteiger partial charge in [0.25, 0.3) is 0 Å². The predicted molar refractivity (Wildman–Crippen MR) is 79.0 cm³/mol. The molecule has 0 amide bonds. The van der Waals surface area contributed by atoms with Crippen LogP contribution in [-0.4, -0.2) is 21.4 Å². The first-order chi connectivity index (χ1) is 8.67. The molecule has 1 atom stereocenters. The summed E-state index contributed by atoms with van der Waals surface area (Å²) >= 11 is 1.82. The molecule has 3 nitrogen and oxygen atoms in total. The lowest BCUT2D eigenvalue weighted by Crippen LogP contribution is -2.39. The molecule has 1 fully saturated rings. The molecule has 1 aromatic rings. The van der Waals surface area contributed by atoms with Crippen molar-refractivity contribution in [2.75, 3.05) is 5.75 Å². The number of aromatic nitrogens is 1. The molecule has 0 aromatic carbocycles. The van der Waals surface area contributed by atoms with Crippen molar-refractivity contribution >= 4 is 16.9 Å². The van der Waals surface area contributed by atoms with Crippen LogP contribution in [0.25, 0.3) is 0 Å². The van der Waals surface area contributed by atoms with E-state index in [1.807, 2.05) is 24.0 Å². The van der Waals surface area contributed by atoms with Gasteiger partial charge in [-0.1, -0.05) is 31.7 Å². The minimum Gasteiger partial charge on any atom is -0.359 e. The third-order valence-electron chi connectivity index (χ3n) is 3.45. The maximum Gasteiger partial charge on any atom is 0.157 e. The Morgan fingerprint density at radius 2 is 2.33 bits per heavy atom. The fourth-order valence-electron chi connectivity index (χ4n) is 1.92. The second-order valence-corrected chi connectivity index (χ2v) is 5.88. The molecular weight excluding hydrogens is 242 g/mol. The molecule has 1 aromatic heterocycles. The van der Waals surface area contributed by atoms with Gasteiger partial charge in [-0.05, 0) is 31.4 Å². The number of aryl methyl sites for hydroxylation is 1. The average molecular weight is 263 g/mol. The van der Waals surface area contributed by atoms with Crippen LogP contribution in [0.4, 0.5) is 0 Å². The summed E-state index contributed by atoms with van der Waals surface area (Å²) in [5, 5.41) is 4.57. The van der Waals surface area contributed by atoms with Crippen molar-refractivity contribution in [3.05, 3.63) is 29.6 Å². The Hall–Kier alpha value is -1.03. The number of aliphatic imine (C=N–C) groups is 1. The SMILES string of the molecule is CCc1cccnc1CN=C1NC(C)(CC)CS1. The Morgan fingerprint density at radius 1 is 1.50 bits per heavy atom. The van der Waals surface area contributed by atoms with Gasteiger partial charge in [-0.2, -0.15) is 0 Å². The topological polar surface area (TPSA) is 37.3 Å². The summed E-state index contributed by atoms with van der Waals surface area (Å²) in [6.45, 7) is 7.30. The van der Waals surface area contributed by atoms with Crippen LogP contribution in [0, 0.1) is 0 Å². The van der Waals surface area contributed by atoms with Crippen molar-refractivity contribution in [1.29, 1.82) is 0 Å². The molecule has 0 bridgehead atoms. The lowest BCUT2D eigenvalue weighted by Gasteiger charge is -2.20. The fourth-order valence-corrected chi connectivity index (χ4v) is 3.12. The molecule has 0 saturated carbocycles. The van der Waals surface area contributed by atoms with E-state index in [4.69, 9.17) is 0 Å². The van der Waals surface area contributed by atoms with Gasteiger partial charge < -0.3 is 5.32 Å². The van der Waals surface area contributed by atoms with Gasteiger partial charge >= 0.3 is 0 Å². The van der Waals surface area contributed by atoms with E-state index in [9.17, 15) is 0 Å². The van der Waals surface area contributed by atoms with Crippen LogP contribution in [0.15, 0.2) is 23.3 Å². The van der Waals surface area contributed by atoms with Crippen molar-refractivity contribution in [2.45, 2.75) is 45.7 Å². The molecule has 98 valence electrons. The summed E-state index contributed by atoms with van der Waals surface area (Å²) in [6.07, 6.45) is 3.99. The van der Waals surface area contributed by atoms with Crippen LogP contribution < -0.4 is 5.32 Å². The van der Waals surface area contributed by atoms with Crippen LogP contribution >= 0.6 is 11.8 Å². The number of nitrogens with one attached hydrogen (secondary N) is 1. The third-order valence-corrected chi connectivity index (χ3v) is 4.74. The summed E-state index contributed by atoms with van der Waals surface area (Å²) in [6, 6.07) is 4.13.